The van der Waals surface area contributed by atoms with E-state index in [1.165, 1.54) is 0 Å². The molecule has 0 aromatic heterocycles. The van der Waals surface area contributed by atoms with Gasteiger partial charge in [0.1, 0.15) is 0 Å². The summed E-state index contributed by atoms with van der Waals surface area (Å²) in [5.41, 5.74) is 0.558. The lowest BCUT2D eigenvalue weighted by Crippen LogP contribution is -2.32. The lowest BCUT2D eigenvalue weighted by atomic mass is 10.0. The topological polar surface area (TPSA) is 65.1 Å². The number of likely N-dealkylation sites (tertiary alicyclic amines) is 1. The number of nitrogens with zero attached hydrogens (tertiary/aromatic N) is 1. The Kier molecular flexibility index (Phi) is 6.46. The van der Waals surface area contributed by atoms with Crippen molar-refractivity contribution in [2.24, 2.45) is 5.92 Å². The third-order valence-corrected chi connectivity index (χ3v) is 4.27. The van der Waals surface area contributed by atoms with E-state index in [2.05, 4.69) is 0 Å². The predicted molar refractivity (Wildman–Crippen MR) is 89.4 cm³/mol. The third-order valence-electron chi connectivity index (χ3n) is 4.27. The molecular weight excluding hydrogens is 310 g/mol. The van der Waals surface area contributed by atoms with Gasteiger partial charge in [0.25, 0.3) is 5.91 Å². The van der Waals surface area contributed by atoms with Crippen molar-refractivity contribution < 1.29 is 23.8 Å². The van der Waals surface area contributed by atoms with Crippen molar-refractivity contribution in [1.82, 2.24) is 4.90 Å². The van der Waals surface area contributed by atoms with Gasteiger partial charge >= 0.3 is 5.97 Å². The molecular formula is C18H25NO5. The number of esters is 1. The maximum atomic E-state index is 12.7. The molecule has 0 saturated carbocycles. The average molecular weight is 335 g/mol. The number of carbonyl (C=O) groups is 2. The van der Waals surface area contributed by atoms with Crippen LogP contribution in [0.4, 0.5) is 0 Å². The van der Waals surface area contributed by atoms with Crippen LogP contribution in [0.5, 0.6) is 11.5 Å². The summed E-state index contributed by atoms with van der Waals surface area (Å²) < 4.78 is 15.6. The van der Waals surface area contributed by atoms with Crippen LogP contribution in [0, 0.1) is 5.92 Å². The molecule has 1 saturated heterocycles. The number of hydrogen-bond acceptors (Lipinski definition) is 5. The smallest absolute Gasteiger partial charge is 0.308 e. The first-order valence-electron chi connectivity index (χ1n) is 8.28. The summed E-state index contributed by atoms with van der Waals surface area (Å²) in [7, 11) is 3.10. The number of hydrogen-bond donors (Lipinski definition) is 0. The molecule has 1 aromatic carbocycles. The highest BCUT2D eigenvalue weighted by molar-refractivity contribution is 5.95. The molecule has 6 heteroatoms. The monoisotopic (exact) mass is 335 g/mol. The van der Waals surface area contributed by atoms with Crippen molar-refractivity contribution in [2.45, 2.75) is 26.2 Å². The maximum Gasteiger partial charge on any atom is 0.308 e. The summed E-state index contributed by atoms with van der Waals surface area (Å²) in [5, 5.41) is 0. The average Bonchev–Trinajstić information content (AvgIpc) is 2.86. The highest BCUT2D eigenvalue weighted by Crippen LogP contribution is 2.28. The van der Waals surface area contributed by atoms with Gasteiger partial charge < -0.3 is 19.1 Å². The van der Waals surface area contributed by atoms with Crippen LogP contribution >= 0.6 is 0 Å². The number of methoxy groups -OCH3 is 2. The maximum absolute atomic E-state index is 12.7. The first-order chi connectivity index (χ1) is 11.6. The van der Waals surface area contributed by atoms with Crippen LogP contribution in [0.15, 0.2) is 18.2 Å². The van der Waals surface area contributed by atoms with Crippen molar-refractivity contribution in [2.75, 3.05) is 33.9 Å². The van der Waals surface area contributed by atoms with Gasteiger partial charge in [0, 0.05) is 18.7 Å². The summed E-state index contributed by atoms with van der Waals surface area (Å²) in [6, 6.07) is 5.15. The minimum atomic E-state index is -0.155. The van der Waals surface area contributed by atoms with Gasteiger partial charge in [-0.15, -0.1) is 0 Å². The van der Waals surface area contributed by atoms with Crippen LogP contribution in [0.25, 0.3) is 0 Å². The van der Waals surface area contributed by atoms with E-state index in [-0.39, 0.29) is 17.8 Å². The van der Waals surface area contributed by atoms with Crippen molar-refractivity contribution in [3.05, 3.63) is 23.8 Å². The van der Waals surface area contributed by atoms with E-state index < -0.39 is 0 Å². The largest absolute Gasteiger partial charge is 0.493 e. The molecule has 0 spiro atoms. The van der Waals surface area contributed by atoms with Gasteiger partial charge in [-0.05, 0) is 44.4 Å². The molecule has 6 nitrogen and oxygen atoms in total. The molecule has 1 aliphatic heterocycles. The van der Waals surface area contributed by atoms with Gasteiger partial charge in [-0.25, -0.2) is 0 Å². The Morgan fingerprint density at radius 3 is 2.54 bits per heavy atom. The zero-order valence-electron chi connectivity index (χ0n) is 14.5. The second kappa shape index (κ2) is 8.57. The van der Waals surface area contributed by atoms with Crippen LogP contribution in [-0.2, 0) is 9.53 Å². The van der Waals surface area contributed by atoms with E-state index in [4.69, 9.17) is 14.2 Å². The fourth-order valence-electron chi connectivity index (χ4n) is 2.95. The molecule has 1 aliphatic rings. The Labute approximate surface area is 142 Å². The fraction of sp³-hybridized carbons (Fsp3) is 0.556. The molecule has 1 aromatic rings. The van der Waals surface area contributed by atoms with Crippen LogP contribution < -0.4 is 9.47 Å². The van der Waals surface area contributed by atoms with Crippen LogP contribution in [0.2, 0.25) is 0 Å². The van der Waals surface area contributed by atoms with Crippen molar-refractivity contribution in [3.8, 4) is 11.5 Å². The molecule has 0 radical (unpaired) electrons. The molecule has 0 N–H and O–H groups in total. The lowest BCUT2D eigenvalue weighted by Gasteiger charge is -2.21. The summed E-state index contributed by atoms with van der Waals surface area (Å²) in [5.74, 6) is 0.793. The highest BCUT2D eigenvalue weighted by Gasteiger charge is 2.26. The van der Waals surface area contributed by atoms with E-state index in [9.17, 15) is 9.59 Å². The standard InChI is InChI=1S/C18H25NO5/c1-4-24-18(21)13-6-5-10-19(11-9-13)17(20)14-7-8-15(22-2)16(12-14)23-3/h7-8,12-13H,4-6,9-11H2,1-3H3. The lowest BCUT2D eigenvalue weighted by molar-refractivity contribution is -0.148. The number of rotatable bonds is 5. The molecule has 132 valence electrons. The van der Waals surface area contributed by atoms with Crippen molar-refractivity contribution in [1.29, 1.82) is 0 Å². The first-order valence-corrected chi connectivity index (χ1v) is 8.28. The van der Waals surface area contributed by atoms with E-state index in [1.54, 1.807) is 37.3 Å². The molecule has 1 unspecified atom stereocenters. The summed E-state index contributed by atoms with van der Waals surface area (Å²) in [6.45, 7) is 3.39. The summed E-state index contributed by atoms with van der Waals surface area (Å²) in [4.78, 5) is 26.4. The summed E-state index contributed by atoms with van der Waals surface area (Å²) >= 11 is 0. The van der Waals surface area contributed by atoms with Gasteiger partial charge in [-0.1, -0.05) is 0 Å². The Morgan fingerprint density at radius 1 is 1.12 bits per heavy atom. The van der Waals surface area contributed by atoms with Crippen LogP contribution in [0.1, 0.15) is 36.5 Å². The zero-order chi connectivity index (χ0) is 17.5. The predicted octanol–water partition coefficient (Wildman–Crippen LogP) is 2.51. The normalized spacial score (nSPS) is 17.8. The minimum absolute atomic E-state index is 0.0551. The Morgan fingerprint density at radius 2 is 1.88 bits per heavy atom. The Balaban J connectivity index is 2.06. The quantitative estimate of drug-likeness (QED) is 0.774. The Hall–Kier alpha value is -2.24. The van der Waals surface area contributed by atoms with E-state index >= 15 is 0 Å². The van der Waals surface area contributed by atoms with Crippen LogP contribution in [0.3, 0.4) is 0 Å². The second-order valence-corrected chi connectivity index (χ2v) is 5.74. The number of amides is 1. The molecule has 1 heterocycles. The second-order valence-electron chi connectivity index (χ2n) is 5.74. The van der Waals surface area contributed by atoms with Crippen molar-refractivity contribution in [3.63, 3.8) is 0 Å². The SMILES string of the molecule is CCOC(=O)C1CCCN(C(=O)c2ccc(OC)c(OC)c2)CC1. The van der Waals surface area contributed by atoms with E-state index in [0.717, 1.165) is 12.8 Å². The van der Waals surface area contributed by atoms with Gasteiger partial charge in [0.15, 0.2) is 11.5 Å². The molecule has 0 aliphatic carbocycles. The molecule has 0 bridgehead atoms. The molecule has 1 atom stereocenters. The third kappa shape index (κ3) is 4.19. The van der Waals surface area contributed by atoms with E-state index in [1.807, 2.05) is 6.92 Å². The zero-order valence-corrected chi connectivity index (χ0v) is 14.5. The molecule has 1 amide bonds. The molecule has 1 fully saturated rings. The highest BCUT2D eigenvalue weighted by atomic mass is 16.5. The molecule has 2 rings (SSSR count). The van der Waals surface area contributed by atoms with Crippen molar-refractivity contribution >= 4 is 11.9 Å². The number of benzene rings is 1. The Bertz CT molecular complexity index is 587. The van der Waals surface area contributed by atoms with Gasteiger partial charge in [0.2, 0.25) is 0 Å². The first kappa shape index (κ1) is 18.1. The summed E-state index contributed by atoms with van der Waals surface area (Å²) in [6.07, 6.45) is 2.19. The van der Waals surface area contributed by atoms with E-state index in [0.29, 0.717) is 43.2 Å². The fourth-order valence-corrected chi connectivity index (χ4v) is 2.95. The van der Waals surface area contributed by atoms with Crippen LogP contribution in [-0.4, -0.2) is 50.7 Å². The number of carbonyl (C=O) groups excluding carboxylic acids is 2. The van der Waals surface area contributed by atoms with Gasteiger partial charge in [-0.3, -0.25) is 9.59 Å². The molecule has 24 heavy (non-hydrogen) atoms. The minimum Gasteiger partial charge on any atom is -0.493 e. The van der Waals surface area contributed by atoms with Gasteiger partial charge in [-0.2, -0.15) is 0 Å². The number of ether oxygens (including phenoxy) is 3. The van der Waals surface area contributed by atoms with Gasteiger partial charge in [0.05, 0.1) is 26.7 Å².